The lowest BCUT2D eigenvalue weighted by Crippen LogP contribution is -2.24. The van der Waals surface area contributed by atoms with E-state index in [0.717, 1.165) is 68.3 Å². The molecule has 5 nitrogen and oxygen atoms in total. The molecule has 0 heterocycles. The van der Waals surface area contributed by atoms with Gasteiger partial charge in [0.1, 0.15) is 0 Å². The van der Waals surface area contributed by atoms with E-state index in [4.69, 9.17) is 0 Å². The normalized spacial score (nSPS) is 15.4. The minimum Gasteiger partial charge on any atom is -0.326 e. The number of hydrogen-bond acceptors (Lipinski definition) is 3. The first-order valence-electron chi connectivity index (χ1n) is 10.3. The van der Waals surface area contributed by atoms with E-state index in [0.29, 0.717) is 6.42 Å². The number of hydrazone groups is 1. The molecule has 2 N–H and O–H groups in total. The van der Waals surface area contributed by atoms with Crippen LogP contribution in [0.1, 0.15) is 83.6 Å². The van der Waals surface area contributed by atoms with Gasteiger partial charge in [-0.05, 0) is 43.9 Å². The topological polar surface area (TPSA) is 70.6 Å². The first-order valence-corrected chi connectivity index (χ1v) is 10.3. The second-order valence-electron chi connectivity index (χ2n) is 7.45. The van der Waals surface area contributed by atoms with Crippen molar-refractivity contribution in [2.24, 2.45) is 11.0 Å². The van der Waals surface area contributed by atoms with E-state index in [1.165, 1.54) is 6.42 Å². The lowest BCUT2D eigenvalue weighted by Gasteiger charge is -2.20. The highest BCUT2D eigenvalue weighted by Crippen LogP contribution is 2.25. The number of carbonyl (C=O) groups is 2. The molecule has 0 saturated heterocycles. The summed E-state index contributed by atoms with van der Waals surface area (Å²) in [6.45, 7) is 4.01. The Morgan fingerprint density at radius 1 is 1.11 bits per heavy atom. The first-order chi connectivity index (χ1) is 13.1. The average molecular weight is 372 g/mol. The van der Waals surface area contributed by atoms with Crippen LogP contribution in [0.3, 0.4) is 0 Å². The number of carbonyl (C=O) groups excluding carboxylic acids is 2. The third-order valence-corrected chi connectivity index (χ3v) is 5.13. The molecule has 0 spiro atoms. The smallest absolute Gasteiger partial charge is 0.240 e. The van der Waals surface area contributed by atoms with Gasteiger partial charge in [-0.15, -0.1) is 0 Å². The lowest BCUT2D eigenvalue weighted by atomic mass is 9.88. The van der Waals surface area contributed by atoms with Gasteiger partial charge in [0.05, 0.1) is 5.71 Å². The molecule has 0 unspecified atom stereocenters. The van der Waals surface area contributed by atoms with Crippen LogP contribution in [-0.2, 0) is 9.59 Å². The molecule has 1 aromatic rings. The molecule has 0 radical (unpaired) electrons. The molecule has 5 heteroatoms. The molecular weight excluding hydrogens is 338 g/mol. The van der Waals surface area contributed by atoms with E-state index < -0.39 is 0 Å². The van der Waals surface area contributed by atoms with E-state index in [-0.39, 0.29) is 17.7 Å². The number of benzene rings is 1. The van der Waals surface area contributed by atoms with E-state index >= 15 is 0 Å². The summed E-state index contributed by atoms with van der Waals surface area (Å²) in [6.07, 6.45) is 10.3. The van der Waals surface area contributed by atoms with Crippen molar-refractivity contribution in [2.45, 2.75) is 78.1 Å². The van der Waals surface area contributed by atoms with Crippen molar-refractivity contribution in [3.63, 3.8) is 0 Å². The summed E-state index contributed by atoms with van der Waals surface area (Å²) in [5.41, 5.74) is 5.03. The molecule has 1 saturated carbocycles. The summed E-state index contributed by atoms with van der Waals surface area (Å²) in [4.78, 5) is 24.3. The zero-order chi connectivity index (χ0) is 19.5. The molecule has 1 aromatic carbocycles. The summed E-state index contributed by atoms with van der Waals surface area (Å²) in [5, 5.41) is 7.24. The highest BCUT2D eigenvalue weighted by Gasteiger charge is 2.21. The van der Waals surface area contributed by atoms with Gasteiger partial charge >= 0.3 is 0 Å². The molecule has 1 fully saturated rings. The number of rotatable bonds is 9. The van der Waals surface area contributed by atoms with Crippen LogP contribution in [0.25, 0.3) is 0 Å². The maximum absolute atomic E-state index is 12.4. The van der Waals surface area contributed by atoms with Crippen molar-refractivity contribution >= 4 is 23.2 Å². The van der Waals surface area contributed by atoms with Gasteiger partial charge in [-0.3, -0.25) is 9.59 Å². The van der Waals surface area contributed by atoms with Crippen LogP contribution in [0.15, 0.2) is 29.4 Å². The highest BCUT2D eigenvalue weighted by atomic mass is 16.2. The predicted molar refractivity (Wildman–Crippen MR) is 111 cm³/mol. The fourth-order valence-corrected chi connectivity index (χ4v) is 3.41. The van der Waals surface area contributed by atoms with Gasteiger partial charge in [0, 0.05) is 18.0 Å². The number of unbranched alkanes of at least 4 members (excludes halogenated alkanes) is 3. The fraction of sp³-hybridized carbons (Fsp3) is 0.591. The standard InChI is InChI=1S/C22H33N3O2/c1-3-4-5-9-15-21(26)25-24-17(2)19-13-10-14-20(16-19)23-22(27)18-11-7-6-8-12-18/h10,13-14,16,18H,3-9,11-12,15H2,1-2H3,(H,23,27)(H,25,26). The zero-order valence-electron chi connectivity index (χ0n) is 16.7. The van der Waals surface area contributed by atoms with Gasteiger partial charge in [-0.1, -0.05) is 57.6 Å². The number of nitrogens with one attached hydrogen (secondary N) is 2. The summed E-state index contributed by atoms with van der Waals surface area (Å²) >= 11 is 0. The monoisotopic (exact) mass is 371 g/mol. The number of amides is 2. The van der Waals surface area contributed by atoms with Crippen molar-refractivity contribution < 1.29 is 9.59 Å². The van der Waals surface area contributed by atoms with Crippen LogP contribution in [0.4, 0.5) is 5.69 Å². The largest absolute Gasteiger partial charge is 0.326 e. The molecule has 0 bridgehead atoms. The van der Waals surface area contributed by atoms with Gasteiger partial charge in [-0.25, -0.2) is 5.43 Å². The van der Waals surface area contributed by atoms with Crippen LogP contribution in [-0.4, -0.2) is 17.5 Å². The van der Waals surface area contributed by atoms with E-state index in [2.05, 4.69) is 22.8 Å². The minimum absolute atomic E-state index is 0.0489. The van der Waals surface area contributed by atoms with Gasteiger partial charge in [0.2, 0.25) is 11.8 Å². The van der Waals surface area contributed by atoms with E-state index in [9.17, 15) is 9.59 Å². The molecule has 2 amide bonds. The Labute approximate surface area is 163 Å². The Morgan fingerprint density at radius 2 is 1.89 bits per heavy atom. The number of anilines is 1. The molecule has 148 valence electrons. The summed E-state index contributed by atoms with van der Waals surface area (Å²) in [7, 11) is 0. The average Bonchev–Trinajstić information content (AvgIpc) is 2.70. The Bertz CT molecular complexity index is 649. The maximum Gasteiger partial charge on any atom is 0.240 e. The summed E-state index contributed by atoms with van der Waals surface area (Å²) < 4.78 is 0. The molecule has 0 atom stereocenters. The van der Waals surface area contributed by atoms with Crippen LogP contribution < -0.4 is 10.7 Å². The molecule has 27 heavy (non-hydrogen) atoms. The quantitative estimate of drug-likeness (QED) is 0.364. The van der Waals surface area contributed by atoms with Gasteiger partial charge < -0.3 is 5.32 Å². The number of nitrogens with zero attached hydrogens (tertiary/aromatic N) is 1. The maximum atomic E-state index is 12.4. The Morgan fingerprint density at radius 3 is 2.63 bits per heavy atom. The Hall–Kier alpha value is -2.17. The van der Waals surface area contributed by atoms with Crippen molar-refractivity contribution in [1.82, 2.24) is 5.43 Å². The van der Waals surface area contributed by atoms with Gasteiger partial charge in [0.25, 0.3) is 0 Å². The third kappa shape index (κ3) is 7.53. The van der Waals surface area contributed by atoms with Crippen LogP contribution in [0, 0.1) is 5.92 Å². The van der Waals surface area contributed by atoms with Crippen molar-refractivity contribution in [3.8, 4) is 0 Å². The molecule has 1 aliphatic rings. The zero-order valence-corrected chi connectivity index (χ0v) is 16.7. The highest BCUT2D eigenvalue weighted by molar-refractivity contribution is 6.01. The molecule has 0 aliphatic heterocycles. The van der Waals surface area contributed by atoms with Crippen molar-refractivity contribution in [3.05, 3.63) is 29.8 Å². The third-order valence-electron chi connectivity index (χ3n) is 5.13. The second-order valence-corrected chi connectivity index (χ2v) is 7.45. The molecule has 2 rings (SSSR count). The van der Waals surface area contributed by atoms with E-state index in [1.54, 1.807) is 0 Å². The van der Waals surface area contributed by atoms with Crippen LogP contribution in [0.5, 0.6) is 0 Å². The second kappa shape index (κ2) is 11.5. The lowest BCUT2D eigenvalue weighted by molar-refractivity contribution is -0.121. The van der Waals surface area contributed by atoms with Crippen molar-refractivity contribution in [2.75, 3.05) is 5.32 Å². The van der Waals surface area contributed by atoms with Gasteiger partial charge in [0.15, 0.2) is 0 Å². The minimum atomic E-state index is -0.0489. The van der Waals surface area contributed by atoms with Crippen molar-refractivity contribution in [1.29, 1.82) is 0 Å². The molecular formula is C22H33N3O2. The number of hydrogen-bond donors (Lipinski definition) is 2. The first kappa shape index (κ1) is 21.1. The van der Waals surface area contributed by atoms with Crippen LogP contribution in [0.2, 0.25) is 0 Å². The molecule has 0 aromatic heterocycles. The summed E-state index contributed by atoms with van der Waals surface area (Å²) in [6, 6.07) is 7.64. The Balaban J connectivity index is 1.87. The fourth-order valence-electron chi connectivity index (χ4n) is 3.41. The van der Waals surface area contributed by atoms with Gasteiger partial charge in [-0.2, -0.15) is 5.10 Å². The van der Waals surface area contributed by atoms with Crippen LogP contribution >= 0.6 is 0 Å². The molecule has 1 aliphatic carbocycles. The predicted octanol–water partition coefficient (Wildman–Crippen LogP) is 5.02. The SMILES string of the molecule is CCCCCCC(=O)NN=C(C)c1cccc(NC(=O)C2CCCCC2)c1. The van der Waals surface area contributed by atoms with E-state index in [1.807, 2.05) is 31.2 Å². The Kier molecular flexibility index (Phi) is 9.02. The summed E-state index contributed by atoms with van der Waals surface area (Å²) in [5.74, 6) is 0.193.